The zero-order chi connectivity index (χ0) is 19.2. The summed E-state index contributed by atoms with van der Waals surface area (Å²) in [6.45, 7) is 0.161. The van der Waals surface area contributed by atoms with Gasteiger partial charge in [0.05, 0.1) is 16.0 Å². The second kappa shape index (κ2) is 8.41. The molecule has 27 heavy (non-hydrogen) atoms. The third-order valence-corrected chi connectivity index (χ3v) is 4.10. The first-order valence-corrected chi connectivity index (χ1v) is 8.56. The molecule has 0 radical (unpaired) electrons. The Morgan fingerprint density at radius 1 is 1.00 bits per heavy atom. The summed E-state index contributed by atoms with van der Waals surface area (Å²) in [4.78, 5) is 36.3. The lowest BCUT2D eigenvalue weighted by Crippen LogP contribution is -2.38. The highest BCUT2D eigenvalue weighted by Crippen LogP contribution is 2.14. The molecule has 3 aromatic rings. The summed E-state index contributed by atoms with van der Waals surface area (Å²) in [7, 11) is 0. The zero-order valence-corrected chi connectivity index (χ0v) is 14.9. The minimum absolute atomic E-state index is 0.199. The van der Waals surface area contributed by atoms with Crippen molar-refractivity contribution in [2.75, 3.05) is 13.1 Å². The molecule has 0 bridgehead atoms. The Bertz CT molecular complexity index is 1050. The quantitative estimate of drug-likeness (QED) is 0.615. The predicted octanol–water partition coefficient (Wildman–Crippen LogP) is 0.991. The van der Waals surface area contributed by atoms with Crippen LogP contribution in [0.2, 0.25) is 5.02 Å². The van der Waals surface area contributed by atoms with Gasteiger partial charge in [0.2, 0.25) is 5.91 Å². The fourth-order valence-corrected chi connectivity index (χ4v) is 2.66. The van der Waals surface area contributed by atoms with Gasteiger partial charge in [-0.3, -0.25) is 14.4 Å². The molecule has 3 rings (SSSR count). The molecule has 9 heteroatoms. The average molecular weight is 386 g/mol. The number of fused-ring (bicyclic) bond motifs is 1. The maximum Gasteiger partial charge on any atom is 0.278 e. The number of benzene rings is 2. The minimum atomic E-state index is -0.409. The van der Waals surface area contributed by atoms with E-state index in [0.29, 0.717) is 21.5 Å². The van der Waals surface area contributed by atoms with E-state index in [2.05, 4.69) is 20.9 Å². The predicted molar refractivity (Wildman–Crippen MR) is 101 cm³/mol. The van der Waals surface area contributed by atoms with Crippen molar-refractivity contribution in [3.05, 3.63) is 69.5 Å². The highest BCUT2D eigenvalue weighted by atomic mass is 35.5. The van der Waals surface area contributed by atoms with E-state index in [1.165, 1.54) is 0 Å². The molecule has 0 atom stereocenters. The molecule has 0 spiro atoms. The van der Waals surface area contributed by atoms with Crippen molar-refractivity contribution in [2.45, 2.75) is 6.54 Å². The Balaban J connectivity index is 1.50. The molecule has 138 valence electrons. The molecule has 2 aromatic carbocycles. The van der Waals surface area contributed by atoms with E-state index in [1.807, 2.05) is 0 Å². The zero-order valence-electron chi connectivity index (χ0n) is 14.2. The van der Waals surface area contributed by atoms with E-state index in [-0.39, 0.29) is 31.1 Å². The van der Waals surface area contributed by atoms with Crippen molar-refractivity contribution < 1.29 is 9.59 Å². The molecule has 0 saturated carbocycles. The van der Waals surface area contributed by atoms with Crippen LogP contribution >= 0.6 is 11.6 Å². The van der Waals surface area contributed by atoms with Crippen molar-refractivity contribution in [3.63, 3.8) is 0 Å². The van der Waals surface area contributed by atoms with Crippen LogP contribution in [0.5, 0.6) is 0 Å². The van der Waals surface area contributed by atoms with Gasteiger partial charge in [0.1, 0.15) is 12.1 Å². The lowest BCUT2D eigenvalue weighted by Gasteiger charge is -2.08. The van der Waals surface area contributed by atoms with Gasteiger partial charge in [-0.05, 0) is 24.3 Å². The standard InChI is InChI=1S/C18H16ClN5O3/c19-14-7-3-1-5-12(14)17(26)21-10-9-20-16(25)11-24-18(27)13-6-2-4-8-15(13)22-23-24/h1-8H,9-11H2,(H,20,25)(H,21,26). The van der Waals surface area contributed by atoms with Gasteiger partial charge in [-0.1, -0.05) is 41.1 Å². The first-order valence-electron chi connectivity index (χ1n) is 8.18. The van der Waals surface area contributed by atoms with Gasteiger partial charge in [0, 0.05) is 13.1 Å². The Labute approximate surface area is 159 Å². The van der Waals surface area contributed by atoms with Crippen LogP contribution in [-0.2, 0) is 11.3 Å². The van der Waals surface area contributed by atoms with Crippen LogP contribution in [0.1, 0.15) is 10.4 Å². The van der Waals surface area contributed by atoms with Crippen molar-refractivity contribution in [1.82, 2.24) is 25.6 Å². The van der Waals surface area contributed by atoms with E-state index in [4.69, 9.17) is 11.6 Å². The van der Waals surface area contributed by atoms with Gasteiger partial charge in [-0.15, -0.1) is 5.10 Å². The van der Waals surface area contributed by atoms with Gasteiger partial charge in [0.25, 0.3) is 11.5 Å². The fraction of sp³-hybridized carbons (Fsp3) is 0.167. The maximum absolute atomic E-state index is 12.3. The number of rotatable bonds is 6. The molecule has 1 aromatic heterocycles. The minimum Gasteiger partial charge on any atom is -0.353 e. The lowest BCUT2D eigenvalue weighted by atomic mass is 10.2. The third-order valence-electron chi connectivity index (χ3n) is 3.77. The monoisotopic (exact) mass is 385 g/mol. The molecule has 0 unspecified atom stereocenters. The van der Waals surface area contributed by atoms with Crippen LogP contribution in [0.25, 0.3) is 10.9 Å². The molecule has 0 aliphatic carbocycles. The van der Waals surface area contributed by atoms with E-state index in [9.17, 15) is 14.4 Å². The number of nitrogens with one attached hydrogen (secondary N) is 2. The summed E-state index contributed by atoms with van der Waals surface area (Å²) in [5.74, 6) is -0.736. The summed E-state index contributed by atoms with van der Waals surface area (Å²) in [6.07, 6.45) is 0. The number of aromatic nitrogens is 3. The van der Waals surface area contributed by atoms with E-state index >= 15 is 0 Å². The Morgan fingerprint density at radius 2 is 1.70 bits per heavy atom. The molecule has 1 heterocycles. The summed E-state index contributed by atoms with van der Waals surface area (Å²) in [5.41, 5.74) is 0.452. The van der Waals surface area contributed by atoms with Gasteiger partial charge in [0.15, 0.2) is 0 Å². The van der Waals surface area contributed by atoms with Gasteiger partial charge in [-0.2, -0.15) is 0 Å². The fourth-order valence-electron chi connectivity index (χ4n) is 2.44. The molecule has 2 amide bonds. The van der Waals surface area contributed by atoms with Crippen LogP contribution in [0.4, 0.5) is 0 Å². The molecular formula is C18H16ClN5O3. The van der Waals surface area contributed by atoms with Crippen molar-refractivity contribution in [2.24, 2.45) is 0 Å². The van der Waals surface area contributed by atoms with Gasteiger partial charge < -0.3 is 10.6 Å². The Hall–Kier alpha value is -3.26. The second-order valence-electron chi connectivity index (χ2n) is 5.66. The molecular weight excluding hydrogens is 370 g/mol. The average Bonchev–Trinajstić information content (AvgIpc) is 2.68. The number of amides is 2. The van der Waals surface area contributed by atoms with E-state index in [1.54, 1.807) is 48.5 Å². The van der Waals surface area contributed by atoms with Gasteiger partial charge >= 0.3 is 0 Å². The smallest absolute Gasteiger partial charge is 0.278 e. The highest BCUT2D eigenvalue weighted by Gasteiger charge is 2.10. The SMILES string of the molecule is O=C(Cn1nnc2ccccc2c1=O)NCCNC(=O)c1ccccc1Cl. The largest absolute Gasteiger partial charge is 0.353 e. The van der Waals surface area contributed by atoms with Crippen LogP contribution < -0.4 is 16.2 Å². The molecule has 8 nitrogen and oxygen atoms in total. The summed E-state index contributed by atoms with van der Waals surface area (Å²) in [6, 6.07) is 13.5. The molecule has 0 saturated heterocycles. The summed E-state index contributed by atoms with van der Waals surface area (Å²) >= 11 is 5.95. The van der Waals surface area contributed by atoms with Crippen LogP contribution in [0.15, 0.2) is 53.3 Å². The van der Waals surface area contributed by atoms with Crippen LogP contribution in [0, 0.1) is 0 Å². The number of hydrogen-bond donors (Lipinski definition) is 2. The highest BCUT2D eigenvalue weighted by molar-refractivity contribution is 6.33. The number of carbonyl (C=O) groups excluding carboxylic acids is 2. The summed E-state index contributed by atoms with van der Waals surface area (Å²) < 4.78 is 1.000. The van der Waals surface area contributed by atoms with Crippen LogP contribution in [-0.4, -0.2) is 39.9 Å². The van der Waals surface area contributed by atoms with Crippen molar-refractivity contribution >= 4 is 34.3 Å². The lowest BCUT2D eigenvalue weighted by molar-refractivity contribution is -0.121. The maximum atomic E-state index is 12.3. The Morgan fingerprint density at radius 3 is 2.52 bits per heavy atom. The second-order valence-corrected chi connectivity index (χ2v) is 6.06. The molecule has 0 fully saturated rings. The van der Waals surface area contributed by atoms with E-state index < -0.39 is 5.91 Å². The number of nitrogens with zero attached hydrogens (tertiary/aromatic N) is 3. The number of carbonyl (C=O) groups is 2. The molecule has 0 aliphatic heterocycles. The van der Waals surface area contributed by atoms with Crippen molar-refractivity contribution in [1.29, 1.82) is 0 Å². The molecule has 2 N–H and O–H groups in total. The Kier molecular flexibility index (Phi) is 5.77. The van der Waals surface area contributed by atoms with Crippen LogP contribution in [0.3, 0.4) is 0 Å². The third kappa shape index (κ3) is 4.48. The van der Waals surface area contributed by atoms with Gasteiger partial charge in [-0.25, -0.2) is 4.68 Å². The topological polar surface area (TPSA) is 106 Å². The van der Waals surface area contributed by atoms with Crippen molar-refractivity contribution in [3.8, 4) is 0 Å². The van der Waals surface area contributed by atoms with E-state index in [0.717, 1.165) is 4.68 Å². The first kappa shape index (κ1) is 18.5. The number of hydrogen-bond acceptors (Lipinski definition) is 5. The molecule has 0 aliphatic rings. The normalized spacial score (nSPS) is 10.6. The number of halogens is 1. The first-order chi connectivity index (χ1) is 13.1. The summed E-state index contributed by atoms with van der Waals surface area (Å²) in [5, 5.41) is 13.7.